The second-order valence-electron chi connectivity index (χ2n) is 5.20. The lowest BCUT2D eigenvalue weighted by atomic mass is 9.91. The third kappa shape index (κ3) is 2.97. The average molecular weight is 242 g/mol. The van der Waals surface area contributed by atoms with Crippen molar-refractivity contribution in [3.63, 3.8) is 0 Å². The molecular formula is C12H22N2O3. The molecule has 2 saturated heterocycles. The zero-order chi connectivity index (χ0) is 12.3. The van der Waals surface area contributed by atoms with E-state index in [2.05, 4.69) is 17.6 Å². The molecule has 0 bridgehead atoms. The average Bonchev–Trinajstić information content (AvgIpc) is 2.77. The normalized spacial score (nSPS) is 32.4. The van der Waals surface area contributed by atoms with Crippen LogP contribution < -0.4 is 10.6 Å². The summed E-state index contributed by atoms with van der Waals surface area (Å²) in [5.74, 6) is 0.0333. The molecule has 5 heteroatoms. The standard InChI is InChI=1S/C12H22N2O3/c1-12(3-5-16-6-4-12)14-11(15)9-7-17-8-10(9)13-2/h9-10,13H,3-8H2,1-2H3,(H,14,15). The zero-order valence-corrected chi connectivity index (χ0v) is 10.6. The highest BCUT2D eigenvalue weighted by molar-refractivity contribution is 5.80. The third-order valence-corrected chi connectivity index (χ3v) is 3.81. The van der Waals surface area contributed by atoms with E-state index in [0.29, 0.717) is 13.2 Å². The second-order valence-corrected chi connectivity index (χ2v) is 5.20. The molecule has 0 aromatic rings. The second kappa shape index (κ2) is 5.33. The van der Waals surface area contributed by atoms with Crippen LogP contribution in [0.2, 0.25) is 0 Å². The van der Waals surface area contributed by atoms with Gasteiger partial charge in [-0.3, -0.25) is 4.79 Å². The van der Waals surface area contributed by atoms with Gasteiger partial charge < -0.3 is 20.1 Å². The molecule has 5 nitrogen and oxygen atoms in total. The molecule has 2 N–H and O–H groups in total. The summed E-state index contributed by atoms with van der Waals surface area (Å²) in [6, 6.07) is 0.137. The van der Waals surface area contributed by atoms with Gasteiger partial charge in [0.15, 0.2) is 0 Å². The summed E-state index contributed by atoms with van der Waals surface area (Å²) in [4.78, 5) is 12.2. The van der Waals surface area contributed by atoms with Crippen LogP contribution in [-0.4, -0.2) is 51.0 Å². The Balaban J connectivity index is 1.91. The van der Waals surface area contributed by atoms with Crippen LogP contribution in [-0.2, 0) is 14.3 Å². The molecule has 0 radical (unpaired) electrons. The van der Waals surface area contributed by atoms with Gasteiger partial charge in [-0.25, -0.2) is 0 Å². The number of carbonyl (C=O) groups excluding carboxylic acids is 1. The first-order valence-electron chi connectivity index (χ1n) is 6.29. The summed E-state index contributed by atoms with van der Waals surface area (Å²) in [5.41, 5.74) is -0.115. The van der Waals surface area contributed by atoms with E-state index in [0.717, 1.165) is 26.1 Å². The maximum Gasteiger partial charge on any atom is 0.227 e. The van der Waals surface area contributed by atoms with Gasteiger partial charge in [-0.15, -0.1) is 0 Å². The largest absolute Gasteiger partial charge is 0.381 e. The molecule has 17 heavy (non-hydrogen) atoms. The maximum absolute atomic E-state index is 12.2. The van der Waals surface area contributed by atoms with Crippen molar-refractivity contribution in [2.24, 2.45) is 5.92 Å². The molecule has 2 aliphatic rings. The first-order valence-corrected chi connectivity index (χ1v) is 6.29. The Kier molecular flexibility index (Phi) is 4.01. The van der Waals surface area contributed by atoms with Crippen molar-refractivity contribution < 1.29 is 14.3 Å². The summed E-state index contributed by atoms with van der Waals surface area (Å²) in [7, 11) is 1.87. The first-order chi connectivity index (χ1) is 8.14. The summed E-state index contributed by atoms with van der Waals surface area (Å²) < 4.78 is 10.7. The molecule has 2 atom stereocenters. The Morgan fingerprint density at radius 1 is 1.24 bits per heavy atom. The van der Waals surface area contributed by atoms with Crippen LogP contribution >= 0.6 is 0 Å². The number of ether oxygens (including phenoxy) is 2. The highest BCUT2D eigenvalue weighted by atomic mass is 16.5. The molecular weight excluding hydrogens is 220 g/mol. The Morgan fingerprint density at radius 3 is 2.59 bits per heavy atom. The highest BCUT2D eigenvalue weighted by Gasteiger charge is 2.37. The molecule has 2 aliphatic heterocycles. The quantitative estimate of drug-likeness (QED) is 0.726. The fourth-order valence-electron chi connectivity index (χ4n) is 2.43. The summed E-state index contributed by atoms with van der Waals surface area (Å²) >= 11 is 0. The fraction of sp³-hybridized carbons (Fsp3) is 0.917. The molecule has 2 rings (SSSR count). The van der Waals surface area contributed by atoms with Gasteiger partial charge in [-0.05, 0) is 26.8 Å². The van der Waals surface area contributed by atoms with Crippen molar-refractivity contribution in [1.29, 1.82) is 0 Å². The SMILES string of the molecule is CNC1COCC1C(=O)NC1(C)CCOCC1. The Bertz CT molecular complexity index is 277. The van der Waals surface area contributed by atoms with Crippen LogP contribution in [0.25, 0.3) is 0 Å². The van der Waals surface area contributed by atoms with E-state index >= 15 is 0 Å². The number of carbonyl (C=O) groups is 1. The molecule has 1 amide bonds. The van der Waals surface area contributed by atoms with Gasteiger partial charge in [0.2, 0.25) is 5.91 Å². The van der Waals surface area contributed by atoms with Gasteiger partial charge in [-0.2, -0.15) is 0 Å². The van der Waals surface area contributed by atoms with Gasteiger partial charge in [0, 0.05) is 24.8 Å². The van der Waals surface area contributed by atoms with E-state index in [-0.39, 0.29) is 23.4 Å². The number of rotatable bonds is 3. The van der Waals surface area contributed by atoms with Crippen molar-refractivity contribution in [3.05, 3.63) is 0 Å². The Labute approximate surface area is 102 Å². The minimum Gasteiger partial charge on any atom is -0.381 e. The van der Waals surface area contributed by atoms with Crippen LogP contribution in [0, 0.1) is 5.92 Å². The lowest BCUT2D eigenvalue weighted by Gasteiger charge is -2.35. The van der Waals surface area contributed by atoms with E-state index < -0.39 is 0 Å². The van der Waals surface area contributed by atoms with Crippen molar-refractivity contribution >= 4 is 5.91 Å². The minimum atomic E-state index is -0.115. The van der Waals surface area contributed by atoms with Crippen LogP contribution in [0.15, 0.2) is 0 Å². The smallest absolute Gasteiger partial charge is 0.227 e. The van der Waals surface area contributed by atoms with Crippen LogP contribution in [0.4, 0.5) is 0 Å². The number of amides is 1. The lowest BCUT2D eigenvalue weighted by molar-refractivity contribution is -0.128. The van der Waals surface area contributed by atoms with Gasteiger partial charge in [0.1, 0.15) is 0 Å². The van der Waals surface area contributed by atoms with Gasteiger partial charge in [0.25, 0.3) is 0 Å². The Morgan fingerprint density at radius 2 is 1.94 bits per heavy atom. The molecule has 0 aromatic carbocycles. The van der Waals surface area contributed by atoms with Crippen molar-refractivity contribution in [3.8, 4) is 0 Å². The molecule has 0 aromatic heterocycles. The van der Waals surface area contributed by atoms with E-state index in [9.17, 15) is 4.79 Å². The molecule has 0 aliphatic carbocycles. The van der Waals surface area contributed by atoms with Crippen LogP contribution in [0.1, 0.15) is 19.8 Å². The highest BCUT2D eigenvalue weighted by Crippen LogP contribution is 2.22. The molecule has 98 valence electrons. The minimum absolute atomic E-state index is 0.0698. The topological polar surface area (TPSA) is 59.6 Å². The molecule has 2 unspecified atom stereocenters. The molecule has 2 heterocycles. The monoisotopic (exact) mass is 242 g/mol. The summed E-state index contributed by atoms with van der Waals surface area (Å²) in [6.07, 6.45) is 1.77. The van der Waals surface area contributed by atoms with Crippen molar-refractivity contribution in [1.82, 2.24) is 10.6 Å². The molecule has 0 spiro atoms. The Hall–Kier alpha value is -0.650. The van der Waals surface area contributed by atoms with Gasteiger partial charge in [-0.1, -0.05) is 0 Å². The zero-order valence-electron chi connectivity index (χ0n) is 10.6. The lowest BCUT2D eigenvalue weighted by Crippen LogP contribution is -2.54. The van der Waals surface area contributed by atoms with Gasteiger partial charge >= 0.3 is 0 Å². The summed E-state index contributed by atoms with van der Waals surface area (Å²) in [5, 5.41) is 6.30. The predicted molar refractivity (Wildman–Crippen MR) is 63.8 cm³/mol. The third-order valence-electron chi connectivity index (χ3n) is 3.81. The van der Waals surface area contributed by atoms with Crippen molar-refractivity contribution in [2.45, 2.75) is 31.3 Å². The number of nitrogens with one attached hydrogen (secondary N) is 2. The summed E-state index contributed by atoms with van der Waals surface area (Å²) in [6.45, 7) is 4.69. The van der Waals surface area contributed by atoms with Gasteiger partial charge in [0.05, 0.1) is 19.1 Å². The van der Waals surface area contributed by atoms with Crippen molar-refractivity contribution in [2.75, 3.05) is 33.5 Å². The maximum atomic E-state index is 12.2. The van der Waals surface area contributed by atoms with Crippen LogP contribution in [0.3, 0.4) is 0 Å². The van der Waals surface area contributed by atoms with E-state index in [1.54, 1.807) is 0 Å². The molecule has 0 saturated carbocycles. The van der Waals surface area contributed by atoms with E-state index in [1.807, 2.05) is 7.05 Å². The van der Waals surface area contributed by atoms with Crippen LogP contribution in [0.5, 0.6) is 0 Å². The molecule has 2 fully saturated rings. The van der Waals surface area contributed by atoms with E-state index in [1.165, 1.54) is 0 Å². The number of hydrogen-bond acceptors (Lipinski definition) is 4. The fourth-order valence-corrected chi connectivity index (χ4v) is 2.43. The predicted octanol–water partition coefficient (Wildman–Crippen LogP) is -0.0939. The number of hydrogen-bond donors (Lipinski definition) is 2. The van der Waals surface area contributed by atoms with E-state index in [4.69, 9.17) is 9.47 Å². The number of likely N-dealkylation sites (N-methyl/N-ethyl adjacent to an activating group) is 1. The first kappa shape index (κ1) is 12.8.